The lowest BCUT2D eigenvalue weighted by molar-refractivity contribution is -0.131. The molecule has 3 amide bonds. The van der Waals surface area contributed by atoms with E-state index in [2.05, 4.69) is 16.2 Å². The second-order valence-corrected chi connectivity index (χ2v) is 6.63. The maximum absolute atomic E-state index is 12.0. The van der Waals surface area contributed by atoms with Crippen molar-refractivity contribution >= 4 is 17.7 Å². The van der Waals surface area contributed by atoms with E-state index in [4.69, 9.17) is 9.47 Å². The van der Waals surface area contributed by atoms with Crippen LogP contribution >= 0.6 is 0 Å². The molecule has 0 aliphatic rings. The standard InChI is InChI=1S/C24H23N3O5/c28-22(15-25-23(29)16-31-19-11-5-2-6-12-19)26-27-24(30)17-32-21-14-8-7-13-20(21)18-9-3-1-4-10-18/h1-14H,15-17H2,(H,25,29)(H,26,28)(H,27,30). The Balaban J connectivity index is 1.36. The van der Waals surface area contributed by atoms with Gasteiger partial charge in [-0.25, -0.2) is 0 Å². The zero-order valence-electron chi connectivity index (χ0n) is 17.2. The van der Waals surface area contributed by atoms with E-state index >= 15 is 0 Å². The van der Waals surface area contributed by atoms with Crippen LogP contribution in [0.5, 0.6) is 11.5 Å². The number of ether oxygens (including phenoxy) is 2. The van der Waals surface area contributed by atoms with Gasteiger partial charge in [-0.15, -0.1) is 0 Å². The van der Waals surface area contributed by atoms with Crippen molar-refractivity contribution in [1.82, 2.24) is 16.2 Å². The molecule has 3 N–H and O–H groups in total. The molecule has 3 rings (SSSR count). The molecule has 0 aromatic heterocycles. The fraction of sp³-hybridized carbons (Fsp3) is 0.125. The molecule has 0 heterocycles. The Morgan fingerprint density at radius 2 is 1.22 bits per heavy atom. The molecule has 0 spiro atoms. The predicted octanol–water partition coefficient (Wildman–Crippen LogP) is 2.08. The van der Waals surface area contributed by atoms with Gasteiger partial charge in [0.25, 0.3) is 17.7 Å². The zero-order valence-corrected chi connectivity index (χ0v) is 17.2. The molecule has 0 bridgehead atoms. The quantitative estimate of drug-likeness (QED) is 0.448. The highest BCUT2D eigenvalue weighted by molar-refractivity contribution is 5.87. The maximum Gasteiger partial charge on any atom is 0.276 e. The number of para-hydroxylation sites is 2. The van der Waals surface area contributed by atoms with Gasteiger partial charge in [-0.3, -0.25) is 25.2 Å². The third kappa shape index (κ3) is 7.17. The van der Waals surface area contributed by atoms with Crippen LogP contribution < -0.4 is 25.6 Å². The van der Waals surface area contributed by atoms with Gasteiger partial charge in [0.1, 0.15) is 11.5 Å². The number of rotatable bonds is 9. The van der Waals surface area contributed by atoms with Crippen molar-refractivity contribution in [2.45, 2.75) is 0 Å². The summed E-state index contributed by atoms with van der Waals surface area (Å²) >= 11 is 0. The molecule has 0 atom stereocenters. The average Bonchev–Trinajstić information content (AvgIpc) is 2.85. The van der Waals surface area contributed by atoms with Gasteiger partial charge in [-0.1, -0.05) is 66.7 Å². The Kier molecular flexibility index (Phi) is 8.21. The number of hydrogen-bond donors (Lipinski definition) is 3. The monoisotopic (exact) mass is 433 g/mol. The number of nitrogens with one attached hydrogen (secondary N) is 3. The fourth-order valence-electron chi connectivity index (χ4n) is 2.71. The molecule has 3 aromatic rings. The summed E-state index contributed by atoms with van der Waals surface area (Å²) in [4.78, 5) is 35.6. The normalized spacial score (nSPS) is 10.0. The molecule has 0 unspecified atom stereocenters. The van der Waals surface area contributed by atoms with Gasteiger partial charge in [-0.05, 0) is 23.8 Å². The van der Waals surface area contributed by atoms with Crippen molar-refractivity contribution in [3.05, 3.63) is 84.9 Å². The molecule has 3 aromatic carbocycles. The lowest BCUT2D eigenvalue weighted by Gasteiger charge is -2.12. The average molecular weight is 433 g/mol. The molecule has 8 heteroatoms. The van der Waals surface area contributed by atoms with Crippen molar-refractivity contribution in [3.8, 4) is 22.6 Å². The maximum atomic E-state index is 12.0. The third-order valence-electron chi connectivity index (χ3n) is 4.23. The van der Waals surface area contributed by atoms with Crippen molar-refractivity contribution in [1.29, 1.82) is 0 Å². The smallest absolute Gasteiger partial charge is 0.276 e. The number of hydrogen-bond acceptors (Lipinski definition) is 5. The predicted molar refractivity (Wildman–Crippen MR) is 119 cm³/mol. The summed E-state index contributed by atoms with van der Waals surface area (Å²) in [5.41, 5.74) is 6.28. The first-order chi connectivity index (χ1) is 15.6. The highest BCUT2D eigenvalue weighted by atomic mass is 16.5. The van der Waals surface area contributed by atoms with E-state index in [9.17, 15) is 14.4 Å². The van der Waals surface area contributed by atoms with Crippen molar-refractivity contribution in [3.63, 3.8) is 0 Å². The summed E-state index contributed by atoms with van der Waals surface area (Å²) in [5, 5.41) is 2.40. The summed E-state index contributed by atoms with van der Waals surface area (Å²) in [5.74, 6) is -0.494. The number of carbonyl (C=O) groups is 3. The number of hydrazine groups is 1. The van der Waals surface area contributed by atoms with Crippen LogP contribution in [0.2, 0.25) is 0 Å². The molecule has 0 fully saturated rings. The summed E-state index contributed by atoms with van der Waals surface area (Å²) in [6, 6.07) is 25.8. The van der Waals surface area contributed by atoms with Gasteiger partial charge < -0.3 is 14.8 Å². The van der Waals surface area contributed by atoms with Crippen molar-refractivity contribution < 1.29 is 23.9 Å². The van der Waals surface area contributed by atoms with Gasteiger partial charge in [0.15, 0.2) is 13.2 Å². The van der Waals surface area contributed by atoms with Crippen LogP contribution in [0.3, 0.4) is 0 Å². The lowest BCUT2D eigenvalue weighted by atomic mass is 10.1. The lowest BCUT2D eigenvalue weighted by Crippen LogP contribution is -2.48. The number of carbonyl (C=O) groups excluding carboxylic acids is 3. The van der Waals surface area contributed by atoms with E-state index in [1.807, 2.05) is 54.6 Å². The topological polar surface area (TPSA) is 106 Å². The van der Waals surface area contributed by atoms with Gasteiger partial charge in [0.2, 0.25) is 0 Å². The van der Waals surface area contributed by atoms with Crippen molar-refractivity contribution in [2.24, 2.45) is 0 Å². The van der Waals surface area contributed by atoms with Crippen LogP contribution in [0.15, 0.2) is 84.9 Å². The first-order valence-corrected chi connectivity index (χ1v) is 9.91. The second kappa shape index (κ2) is 11.8. The van der Waals surface area contributed by atoms with E-state index in [-0.39, 0.29) is 19.8 Å². The van der Waals surface area contributed by atoms with E-state index in [1.165, 1.54) is 0 Å². The second-order valence-electron chi connectivity index (χ2n) is 6.63. The van der Waals surface area contributed by atoms with Crippen LogP contribution in [0.4, 0.5) is 0 Å². The Hall–Kier alpha value is -4.33. The molecule has 8 nitrogen and oxygen atoms in total. The molecule has 0 radical (unpaired) electrons. The largest absolute Gasteiger partial charge is 0.484 e. The Morgan fingerprint density at radius 3 is 1.97 bits per heavy atom. The third-order valence-corrected chi connectivity index (χ3v) is 4.23. The van der Waals surface area contributed by atoms with Crippen LogP contribution in [-0.2, 0) is 14.4 Å². The van der Waals surface area contributed by atoms with E-state index in [0.29, 0.717) is 11.5 Å². The van der Waals surface area contributed by atoms with Crippen molar-refractivity contribution in [2.75, 3.05) is 19.8 Å². The van der Waals surface area contributed by atoms with E-state index < -0.39 is 17.7 Å². The van der Waals surface area contributed by atoms with Gasteiger partial charge in [0, 0.05) is 5.56 Å². The van der Waals surface area contributed by atoms with Crippen LogP contribution in [-0.4, -0.2) is 37.5 Å². The Morgan fingerprint density at radius 1 is 0.625 bits per heavy atom. The molecule has 0 aliphatic heterocycles. The summed E-state index contributed by atoms with van der Waals surface area (Å²) in [6.45, 7) is -0.825. The summed E-state index contributed by atoms with van der Waals surface area (Å²) < 4.78 is 10.9. The van der Waals surface area contributed by atoms with E-state index in [1.54, 1.807) is 30.3 Å². The summed E-state index contributed by atoms with van der Waals surface area (Å²) in [7, 11) is 0. The molecule has 164 valence electrons. The number of amides is 3. The minimum absolute atomic E-state index is 0.224. The van der Waals surface area contributed by atoms with Crippen LogP contribution in [0.1, 0.15) is 0 Å². The molecule has 0 saturated heterocycles. The van der Waals surface area contributed by atoms with Crippen LogP contribution in [0, 0.1) is 0 Å². The minimum atomic E-state index is -0.587. The molecule has 0 aliphatic carbocycles. The zero-order chi connectivity index (χ0) is 22.6. The molecule has 32 heavy (non-hydrogen) atoms. The van der Waals surface area contributed by atoms with Gasteiger partial charge >= 0.3 is 0 Å². The first-order valence-electron chi connectivity index (χ1n) is 9.91. The summed E-state index contributed by atoms with van der Waals surface area (Å²) in [6.07, 6.45) is 0. The molecular weight excluding hydrogens is 410 g/mol. The molecular formula is C24H23N3O5. The van der Waals surface area contributed by atoms with Gasteiger partial charge in [0.05, 0.1) is 6.54 Å². The molecule has 0 saturated carbocycles. The SMILES string of the molecule is O=C(COc1ccccc1)NCC(=O)NNC(=O)COc1ccccc1-c1ccccc1. The highest BCUT2D eigenvalue weighted by Crippen LogP contribution is 2.29. The van der Waals surface area contributed by atoms with E-state index in [0.717, 1.165) is 11.1 Å². The number of benzene rings is 3. The van der Waals surface area contributed by atoms with Crippen LogP contribution in [0.25, 0.3) is 11.1 Å². The minimum Gasteiger partial charge on any atom is -0.484 e. The fourth-order valence-corrected chi connectivity index (χ4v) is 2.71. The highest BCUT2D eigenvalue weighted by Gasteiger charge is 2.10. The Labute approximate surface area is 185 Å². The Bertz CT molecular complexity index is 1040. The van der Waals surface area contributed by atoms with Gasteiger partial charge in [-0.2, -0.15) is 0 Å². The first kappa shape index (κ1) is 22.4.